The third kappa shape index (κ3) is 5.51. The monoisotopic (exact) mass is 497 g/mol. The molecule has 0 bridgehead atoms. The molecule has 2 amide bonds. The van der Waals surface area contributed by atoms with Gasteiger partial charge in [-0.1, -0.05) is 6.58 Å². The Hall–Kier alpha value is -4.91. The van der Waals surface area contributed by atoms with E-state index in [9.17, 15) is 14.9 Å². The smallest absolute Gasteiger partial charge is 0.253 e. The highest BCUT2D eigenvalue weighted by atomic mass is 16.5. The molecule has 2 aromatic heterocycles. The van der Waals surface area contributed by atoms with Crippen LogP contribution in [0.25, 0.3) is 11.1 Å². The van der Waals surface area contributed by atoms with Crippen LogP contribution in [0.1, 0.15) is 34.3 Å². The van der Waals surface area contributed by atoms with Gasteiger partial charge in [0.2, 0.25) is 5.91 Å². The highest BCUT2D eigenvalue weighted by Gasteiger charge is 2.23. The van der Waals surface area contributed by atoms with Gasteiger partial charge in [-0.05, 0) is 49.2 Å². The molecule has 4 rings (SSSR count). The predicted octanol–water partition coefficient (Wildman–Crippen LogP) is 3.01. The second-order valence-electron chi connectivity index (χ2n) is 8.45. The molecule has 0 aliphatic carbocycles. The van der Waals surface area contributed by atoms with E-state index in [1.807, 2.05) is 4.90 Å². The van der Waals surface area contributed by atoms with Gasteiger partial charge in [-0.15, -0.1) is 0 Å². The average molecular weight is 498 g/mol. The molecule has 0 saturated carbocycles. The number of anilines is 1. The molecule has 0 unspecified atom stereocenters. The molecule has 1 fully saturated rings. The first-order chi connectivity index (χ1) is 18.0. The van der Waals surface area contributed by atoms with Crippen LogP contribution >= 0.6 is 0 Å². The Morgan fingerprint density at radius 3 is 2.62 bits per heavy atom. The van der Waals surface area contributed by atoms with Crippen molar-refractivity contribution in [2.45, 2.75) is 18.9 Å². The molecule has 188 valence electrons. The Morgan fingerprint density at radius 2 is 2.00 bits per heavy atom. The van der Waals surface area contributed by atoms with Gasteiger partial charge in [-0.25, -0.2) is 4.52 Å². The summed E-state index contributed by atoms with van der Waals surface area (Å²) in [5.41, 5.74) is 9.53. The zero-order valence-electron chi connectivity index (χ0n) is 20.4. The Balaban J connectivity index is 1.39. The van der Waals surface area contributed by atoms with Crippen molar-refractivity contribution in [1.29, 1.82) is 5.26 Å². The van der Waals surface area contributed by atoms with Crippen molar-refractivity contribution in [2.24, 2.45) is 10.7 Å². The number of nitrogens with two attached hydrogens (primary N) is 1. The SMILES string of the molecule is C=CC(=O)Nc1ccc(C(=O)N2CCC(N=CC(=CN)c3cc(OC)c4c(C#N)cnn4c3)CC2)cc1. The third-order valence-electron chi connectivity index (χ3n) is 6.19. The Bertz CT molecular complexity index is 1420. The van der Waals surface area contributed by atoms with E-state index in [0.29, 0.717) is 46.7 Å². The number of amides is 2. The highest BCUT2D eigenvalue weighted by molar-refractivity contribution is 6.10. The van der Waals surface area contributed by atoms with Gasteiger partial charge in [0, 0.05) is 54.1 Å². The topological polar surface area (TPSA) is 138 Å². The van der Waals surface area contributed by atoms with Crippen LogP contribution in [0, 0.1) is 11.3 Å². The molecular formula is C27H27N7O3. The standard InChI is InChI=1S/C27H27N7O3/c1-3-25(35)32-23-6-4-18(5-7-23)27(36)33-10-8-22(9-11-33)30-15-20(13-28)19-12-24(37-2)26-21(14-29)16-31-34(26)17-19/h3-7,12-13,15-17,22H,1,8-11,28H2,2H3,(H,32,35). The van der Waals surface area contributed by atoms with Gasteiger partial charge >= 0.3 is 0 Å². The first-order valence-electron chi connectivity index (χ1n) is 11.7. The molecule has 1 saturated heterocycles. The van der Waals surface area contributed by atoms with Crippen molar-refractivity contribution < 1.29 is 14.3 Å². The van der Waals surface area contributed by atoms with Crippen molar-refractivity contribution in [3.8, 4) is 11.8 Å². The van der Waals surface area contributed by atoms with Crippen LogP contribution in [-0.2, 0) is 4.79 Å². The summed E-state index contributed by atoms with van der Waals surface area (Å²) in [6.07, 6.45) is 9.11. The number of fused-ring (bicyclic) bond motifs is 1. The fraction of sp³-hybridized carbons (Fsp3) is 0.222. The van der Waals surface area contributed by atoms with E-state index >= 15 is 0 Å². The number of carbonyl (C=O) groups is 2. The van der Waals surface area contributed by atoms with E-state index in [1.165, 1.54) is 25.6 Å². The number of nitrogens with one attached hydrogen (secondary N) is 1. The minimum absolute atomic E-state index is 0.0519. The Labute approximate surface area is 214 Å². The van der Waals surface area contributed by atoms with E-state index in [0.717, 1.165) is 18.4 Å². The lowest BCUT2D eigenvalue weighted by Crippen LogP contribution is -2.39. The summed E-state index contributed by atoms with van der Waals surface area (Å²) in [6.45, 7) is 4.59. The van der Waals surface area contributed by atoms with Gasteiger partial charge in [-0.3, -0.25) is 14.6 Å². The minimum atomic E-state index is -0.302. The van der Waals surface area contributed by atoms with Gasteiger partial charge in [-0.2, -0.15) is 10.4 Å². The number of pyridine rings is 1. The summed E-state index contributed by atoms with van der Waals surface area (Å²) in [7, 11) is 1.54. The average Bonchev–Trinajstić information content (AvgIpc) is 3.36. The van der Waals surface area contributed by atoms with Crippen LogP contribution in [-0.4, -0.2) is 58.8 Å². The Kier molecular flexibility index (Phi) is 7.64. The molecule has 0 atom stereocenters. The normalized spacial score (nSPS) is 14.5. The van der Waals surface area contributed by atoms with E-state index in [4.69, 9.17) is 15.5 Å². The number of carbonyl (C=O) groups excluding carboxylic acids is 2. The van der Waals surface area contributed by atoms with Crippen LogP contribution < -0.4 is 15.8 Å². The molecule has 1 aromatic carbocycles. The largest absolute Gasteiger partial charge is 0.494 e. The minimum Gasteiger partial charge on any atom is -0.494 e. The highest BCUT2D eigenvalue weighted by Crippen LogP contribution is 2.27. The molecule has 1 aliphatic heterocycles. The van der Waals surface area contributed by atoms with Gasteiger partial charge in [0.25, 0.3) is 5.91 Å². The first kappa shape index (κ1) is 25.2. The van der Waals surface area contributed by atoms with Gasteiger partial charge in [0.05, 0.1) is 19.3 Å². The number of methoxy groups -OCH3 is 1. The number of rotatable bonds is 7. The summed E-state index contributed by atoms with van der Waals surface area (Å²) in [5, 5.41) is 16.2. The number of likely N-dealkylation sites (tertiary alicyclic amines) is 1. The zero-order valence-corrected chi connectivity index (χ0v) is 20.4. The number of nitriles is 1. The van der Waals surface area contributed by atoms with Gasteiger partial charge < -0.3 is 20.7 Å². The van der Waals surface area contributed by atoms with E-state index in [2.05, 4.69) is 23.1 Å². The van der Waals surface area contributed by atoms with E-state index in [1.54, 1.807) is 47.3 Å². The molecular weight excluding hydrogens is 470 g/mol. The van der Waals surface area contributed by atoms with Crippen LogP contribution in [0.3, 0.4) is 0 Å². The van der Waals surface area contributed by atoms with Gasteiger partial charge in [0.15, 0.2) is 0 Å². The summed E-state index contributed by atoms with van der Waals surface area (Å²) in [6, 6.07) is 10.8. The fourth-order valence-corrected chi connectivity index (χ4v) is 4.17. The predicted molar refractivity (Wildman–Crippen MR) is 141 cm³/mol. The van der Waals surface area contributed by atoms with Crippen molar-refractivity contribution in [3.63, 3.8) is 0 Å². The summed E-state index contributed by atoms with van der Waals surface area (Å²) in [5.74, 6) is 0.161. The second-order valence-corrected chi connectivity index (χ2v) is 8.45. The maximum atomic E-state index is 12.9. The number of hydrogen-bond acceptors (Lipinski definition) is 7. The lowest BCUT2D eigenvalue weighted by Gasteiger charge is -2.30. The van der Waals surface area contributed by atoms with Crippen molar-refractivity contribution in [3.05, 3.63) is 78.3 Å². The molecule has 3 N–H and O–H groups in total. The van der Waals surface area contributed by atoms with Crippen LogP contribution in [0.2, 0.25) is 0 Å². The molecule has 3 aromatic rings. The number of hydrogen-bond donors (Lipinski definition) is 2. The fourth-order valence-electron chi connectivity index (χ4n) is 4.17. The molecule has 0 spiro atoms. The number of ether oxygens (including phenoxy) is 1. The van der Waals surface area contributed by atoms with Crippen LogP contribution in [0.15, 0.2) is 66.6 Å². The van der Waals surface area contributed by atoms with Crippen molar-refractivity contribution in [2.75, 3.05) is 25.5 Å². The summed E-state index contributed by atoms with van der Waals surface area (Å²) >= 11 is 0. The third-order valence-corrected chi connectivity index (χ3v) is 6.19. The number of aliphatic imine (C=N–C) groups is 1. The van der Waals surface area contributed by atoms with Crippen molar-refractivity contribution >= 4 is 34.8 Å². The van der Waals surface area contributed by atoms with Crippen LogP contribution in [0.4, 0.5) is 5.69 Å². The quantitative estimate of drug-likeness (QED) is 0.380. The molecule has 10 nitrogen and oxygen atoms in total. The summed E-state index contributed by atoms with van der Waals surface area (Å²) in [4.78, 5) is 30.9. The molecule has 3 heterocycles. The lowest BCUT2D eigenvalue weighted by atomic mass is 10.0. The molecule has 1 aliphatic rings. The second kappa shape index (κ2) is 11.2. The van der Waals surface area contributed by atoms with E-state index in [-0.39, 0.29) is 17.9 Å². The van der Waals surface area contributed by atoms with Crippen LogP contribution in [0.5, 0.6) is 5.75 Å². The molecule has 0 radical (unpaired) electrons. The number of aromatic nitrogens is 2. The molecule has 37 heavy (non-hydrogen) atoms. The molecule has 10 heteroatoms. The maximum Gasteiger partial charge on any atom is 0.253 e. The maximum absolute atomic E-state index is 12.9. The number of allylic oxidation sites excluding steroid dienone is 1. The number of nitrogens with zero attached hydrogens (tertiary/aromatic N) is 5. The first-order valence-corrected chi connectivity index (χ1v) is 11.7. The number of benzene rings is 1. The van der Waals surface area contributed by atoms with Gasteiger partial charge in [0.1, 0.15) is 22.9 Å². The van der Waals surface area contributed by atoms with E-state index < -0.39 is 0 Å². The summed E-state index contributed by atoms with van der Waals surface area (Å²) < 4.78 is 7.06. The number of piperidine rings is 1. The van der Waals surface area contributed by atoms with Crippen molar-refractivity contribution in [1.82, 2.24) is 14.5 Å². The Morgan fingerprint density at radius 1 is 1.27 bits per heavy atom. The lowest BCUT2D eigenvalue weighted by molar-refractivity contribution is -0.111. The zero-order chi connectivity index (χ0) is 26.4.